The first kappa shape index (κ1) is 15.3. The van der Waals surface area contributed by atoms with E-state index in [4.69, 9.17) is 11.6 Å². The molecule has 0 spiro atoms. The molecule has 0 saturated heterocycles. The Hall–Kier alpha value is -2.05. The summed E-state index contributed by atoms with van der Waals surface area (Å²) in [5.74, 6) is -1.38. The molecule has 21 heavy (non-hydrogen) atoms. The topological polar surface area (TPSA) is 86.3 Å². The van der Waals surface area contributed by atoms with Crippen LogP contribution in [0.2, 0.25) is 5.02 Å². The van der Waals surface area contributed by atoms with Crippen LogP contribution in [-0.2, 0) is 10.0 Å². The van der Waals surface area contributed by atoms with Crippen LogP contribution >= 0.6 is 11.6 Å². The number of carbonyl (C=O) groups excluding carboxylic acids is 1. The summed E-state index contributed by atoms with van der Waals surface area (Å²) in [5.41, 5.74) is 0.662. The van der Waals surface area contributed by atoms with E-state index in [0.29, 0.717) is 10.6 Å². The third-order valence-electron chi connectivity index (χ3n) is 2.79. The summed E-state index contributed by atoms with van der Waals surface area (Å²) >= 11 is 5.86. The minimum Gasteiger partial charge on any atom is -0.545 e. The number of nitrogens with one attached hydrogen (secondary N) is 1. The predicted molar refractivity (Wildman–Crippen MR) is 77.8 cm³/mol. The van der Waals surface area contributed by atoms with Crippen molar-refractivity contribution in [2.75, 3.05) is 4.72 Å². The molecule has 7 heteroatoms. The Morgan fingerprint density at radius 3 is 2.52 bits per heavy atom. The van der Waals surface area contributed by atoms with Crippen molar-refractivity contribution in [2.45, 2.75) is 11.8 Å². The number of carboxylic acid groups (broad SMARTS) is 1. The fourth-order valence-corrected chi connectivity index (χ4v) is 2.96. The molecule has 0 heterocycles. The van der Waals surface area contributed by atoms with Crippen molar-refractivity contribution in [3.63, 3.8) is 0 Å². The molecule has 1 N–H and O–H groups in total. The zero-order valence-electron chi connectivity index (χ0n) is 11.0. The minimum absolute atomic E-state index is 0.0447. The van der Waals surface area contributed by atoms with Crippen LogP contribution in [0.3, 0.4) is 0 Å². The van der Waals surface area contributed by atoms with E-state index in [2.05, 4.69) is 4.72 Å². The number of sulfonamides is 1. The van der Waals surface area contributed by atoms with E-state index >= 15 is 0 Å². The van der Waals surface area contributed by atoms with E-state index < -0.39 is 16.0 Å². The average molecular weight is 325 g/mol. The Bertz CT molecular complexity index is 802. The molecule has 0 bridgehead atoms. The molecular weight excluding hydrogens is 314 g/mol. The van der Waals surface area contributed by atoms with E-state index in [1.54, 1.807) is 6.92 Å². The predicted octanol–water partition coefficient (Wildman–Crippen LogP) is 1.81. The summed E-state index contributed by atoms with van der Waals surface area (Å²) in [6.07, 6.45) is 0. The van der Waals surface area contributed by atoms with Crippen LogP contribution < -0.4 is 9.83 Å². The SMILES string of the molecule is Cc1cc(S(=O)(=O)Nc2cccc(C(=O)[O-])c2)ccc1Cl. The quantitative estimate of drug-likeness (QED) is 0.929. The Labute approximate surface area is 127 Å². The Balaban J connectivity index is 2.35. The number of anilines is 1. The first-order chi connectivity index (χ1) is 9.79. The average Bonchev–Trinajstić information content (AvgIpc) is 2.41. The van der Waals surface area contributed by atoms with Crippen molar-refractivity contribution in [1.82, 2.24) is 0 Å². The number of aryl methyl sites for hydroxylation is 1. The second-order valence-corrected chi connectivity index (χ2v) is 6.47. The molecule has 0 aliphatic heterocycles. The number of aromatic carboxylic acids is 1. The zero-order chi connectivity index (χ0) is 15.6. The van der Waals surface area contributed by atoms with Gasteiger partial charge in [0.1, 0.15) is 0 Å². The molecule has 0 aliphatic rings. The van der Waals surface area contributed by atoms with Crippen LogP contribution in [0.15, 0.2) is 47.4 Å². The van der Waals surface area contributed by atoms with Crippen molar-refractivity contribution < 1.29 is 18.3 Å². The van der Waals surface area contributed by atoms with Gasteiger partial charge in [0.15, 0.2) is 0 Å². The van der Waals surface area contributed by atoms with Gasteiger partial charge in [-0.25, -0.2) is 8.42 Å². The van der Waals surface area contributed by atoms with Gasteiger partial charge in [-0.05, 0) is 48.4 Å². The molecule has 0 aromatic heterocycles. The van der Waals surface area contributed by atoms with Crippen LogP contribution in [-0.4, -0.2) is 14.4 Å². The molecule has 0 saturated carbocycles. The van der Waals surface area contributed by atoms with E-state index in [1.165, 1.54) is 42.5 Å². The first-order valence-electron chi connectivity index (χ1n) is 5.90. The highest BCUT2D eigenvalue weighted by Crippen LogP contribution is 2.22. The largest absolute Gasteiger partial charge is 0.545 e. The lowest BCUT2D eigenvalue weighted by Crippen LogP contribution is -2.22. The fourth-order valence-electron chi connectivity index (χ4n) is 1.71. The summed E-state index contributed by atoms with van der Waals surface area (Å²) < 4.78 is 26.8. The maximum absolute atomic E-state index is 12.2. The number of hydrogen-bond donors (Lipinski definition) is 1. The molecule has 110 valence electrons. The summed E-state index contributed by atoms with van der Waals surface area (Å²) in [6.45, 7) is 1.69. The summed E-state index contributed by atoms with van der Waals surface area (Å²) in [4.78, 5) is 10.8. The van der Waals surface area contributed by atoms with Crippen molar-refractivity contribution in [2.24, 2.45) is 0 Å². The van der Waals surface area contributed by atoms with Gasteiger partial charge in [-0.2, -0.15) is 0 Å². The minimum atomic E-state index is -3.82. The van der Waals surface area contributed by atoms with Crippen LogP contribution in [0.25, 0.3) is 0 Å². The van der Waals surface area contributed by atoms with Crippen LogP contribution in [0.4, 0.5) is 5.69 Å². The normalized spacial score (nSPS) is 11.1. The van der Waals surface area contributed by atoms with Gasteiger partial charge < -0.3 is 9.90 Å². The highest BCUT2D eigenvalue weighted by molar-refractivity contribution is 7.92. The Kier molecular flexibility index (Phi) is 4.20. The van der Waals surface area contributed by atoms with Crippen molar-refractivity contribution in [1.29, 1.82) is 0 Å². The van der Waals surface area contributed by atoms with Gasteiger partial charge in [-0.1, -0.05) is 23.7 Å². The number of carboxylic acids is 1. The molecule has 0 aliphatic carbocycles. The highest BCUT2D eigenvalue weighted by atomic mass is 35.5. The molecular formula is C14H11ClNO4S-. The summed E-state index contributed by atoms with van der Waals surface area (Å²) in [6, 6.07) is 9.69. The number of halogens is 1. The van der Waals surface area contributed by atoms with E-state index in [0.717, 1.165) is 0 Å². The molecule has 2 rings (SSSR count). The smallest absolute Gasteiger partial charge is 0.261 e. The number of benzene rings is 2. The second kappa shape index (κ2) is 5.75. The summed E-state index contributed by atoms with van der Waals surface area (Å²) in [7, 11) is -3.82. The maximum Gasteiger partial charge on any atom is 0.261 e. The van der Waals surface area contributed by atoms with Crippen LogP contribution in [0.1, 0.15) is 15.9 Å². The molecule has 0 atom stereocenters. The van der Waals surface area contributed by atoms with Gasteiger partial charge >= 0.3 is 0 Å². The fraction of sp³-hybridized carbons (Fsp3) is 0.0714. The van der Waals surface area contributed by atoms with Gasteiger partial charge in [-0.15, -0.1) is 0 Å². The third kappa shape index (κ3) is 3.53. The summed E-state index contributed by atoms with van der Waals surface area (Å²) in [5, 5.41) is 11.2. The molecule has 0 amide bonds. The monoisotopic (exact) mass is 324 g/mol. The van der Waals surface area contributed by atoms with E-state index in [1.807, 2.05) is 0 Å². The highest BCUT2D eigenvalue weighted by Gasteiger charge is 2.15. The zero-order valence-corrected chi connectivity index (χ0v) is 12.5. The number of hydrogen-bond acceptors (Lipinski definition) is 4. The van der Waals surface area contributed by atoms with Crippen molar-refractivity contribution >= 4 is 33.3 Å². The van der Waals surface area contributed by atoms with Gasteiger partial charge in [0.25, 0.3) is 10.0 Å². The first-order valence-corrected chi connectivity index (χ1v) is 7.76. The third-order valence-corrected chi connectivity index (χ3v) is 4.59. The standard InChI is InChI=1S/C14H12ClNO4S/c1-9-7-12(5-6-13(9)15)21(19,20)16-11-4-2-3-10(8-11)14(17)18/h2-8,16H,1H3,(H,17,18)/p-1. The van der Waals surface area contributed by atoms with Crippen LogP contribution in [0.5, 0.6) is 0 Å². The number of carbonyl (C=O) groups is 1. The molecule has 5 nitrogen and oxygen atoms in total. The molecule has 2 aromatic carbocycles. The van der Waals surface area contributed by atoms with Crippen molar-refractivity contribution in [3.05, 3.63) is 58.6 Å². The van der Waals surface area contributed by atoms with Crippen molar-refractivity contribution in [3.8, 4) is 0 Å². The lowest BCUT2D eigenvalue weighted by Gasteiger charge is -2.11. The van der Waals surface area contributed by atoms with Gasteiger partial charge in [0, 0.05) is 10.7 Å². The van der Waals surface area contributed by atoms with E-state index in [-0.39, 0.29) is 16.1 Å². The maximum atomic E-state index is 12.2. The lowest BCUT2D eigenvalue weighted by molar-refractivity contribution is -0.255. The molecule has 0 radical (unpaired) electrons. The van der Waals surface area contributed by atoms with Gasteiger partial charge in [0.2, 0.25) is 0 Å². The van der Waals surface area contributed by atoms with Gasteiger partial charge in [0.05, 0.1) is 10.9 Å². The molecule has 0 fully saturated rings. The van der Waals surface area contributed by atoms with Gasteiger partial charge in [-0.3, -0.25) is 4.72 Å². The van der Waals surface area contributed by atoms with E-state index in [9.17, 15) is 18.3 Å². The Morgan fingerprint density at radius 2 is 1.90 bits per heavy atom. The van der Waals surface area contributed by atoms with Crippen LogP contribution in [0, 0.1) is 6.92 Å². The molecule has 0 unspecified atom stereocenters. The molecule has 2 aromatic rings. The number of rotatable bonds is 4. The Morgan fingerprint density at radius 1 is 1.19 bits per heavy atom. The lowest BCUT2D eigenvalue weighted by atomic mass is 10.2. The second-order valence-electron chi connectivity index (χ2n) is 4.38.